The highest BCUT2D eigenvalue weighted by Gasteiger charge is 2.22. The van der Waals surface area contributed by atoms with Crippen LogP contribution in [0.15, 0.2) is 17.5 Å². The molecule has 4 nitrogen and oxygen atoms in total. The molecule has 110 valence electrons. The summed E-state index contributed by atoms with van der Waals surface area (Å²) in [6.45, 7) is 4.93. The predicted octanol–water partition coefficient (Wildman–Crippen LogP) is 2.61. The van der Waals surface area contributed by atoms with E-state index in [4.69, 9.17) is 0 Å². The number of carbonyl (C=O) groups excluding carboxylic acids is 2. The second-order valence-electron chi connectivity index (χ2n) is 5.11. The average Bonchev–Trinajstić information content (AvgIpc) is 2.88. The lowest BCUT2D eigenvalue weighted by atomic mass is 10.2. The van der Waals surface area contributed by atoms with Crippen LogP contribution in [0.4, 0.5) is 0 Å². The lowest BCUT2D eigenvalue weighted by molar-refractivity contribution is -0.131. The highest BCUT2D eigenvalue weighted by atomic mass is 32.1. The van der Waals surface area contributed by atoms with E-state index in [0.29, 0.717) is 19.5 Å². The molecule has 0 aliphatic carbocycles. The lowest BCUT2D eigenvalue weighted by Gasteiger charge is -2.21. The van der Waals surface area contributed by atoms with Crippen molar-refractivity contribution in [3.63, 3.8) is 0 Å². The van der Waals surface area contributed by atoms with Crippen molar-refractivity contribution in [3.8, 4) is 0 Å². The van der Waals surface area contributed by atoms with Crippen LogP contribution in [-0.2, 0) is 4.79 Å². The number of nitrogens with zero attached hydrogens (tertiary/aromatic N) is 2. The third-order valence-corrected chi connectivity index (χ3v) is 4.47. The molecule has 0 unspecified atom stereocenters. The minimum Gasteiger partial charge on any atom is -0.341 e. The molecule has 2 amide bonds. The van der Waals surface area contributed by atoms with Crippen LogP contribution in [0, 0.1) is 0 Å². The van der Waals surface area contributed by atoms with Gasteiger partial charge in [-0.2, -0.15) is 0 Å². The third-order valence-electron chi connectivity index (χ3n) is 3.61. The van der Waals surface area contributed by atoms with Crippen molar-refractivity contribution in [3.05, 3.63) is 22.4 Å². The van der Waals surface area contributed by atoms with E-state index >= 15 is 0 Å². The van der Waals surface area contributed by atoms with Gasteiger partial charge < -0.3 is 9.80 Å². The molecule has 1 aromatic rings. The van der Waals surface area contributed by atoms with E-state index in [1.54, 1.807) is 0 Å². The fourth-order valence-electron chi connectivity index (χ4n) is 2.41. The first-order chi connectivity index (χ1) is 9.72. The molecular formula is C15H22N2O2S. The zero-order valence-corrected chi connectivity index (χ0v) is 12.8. The van der Waals surface area contributed by atoms with E-state index in [-0.39, 0.29) is 11.8 Å². The number of thiophene rings is 1. The molecule has 1 aliphatic rings. The fraction of sp³-hybridized carbons (Fsp3) is 0.600. The Morgan fingerprint density at radius 2 is 1.95 bits per heavy atom. The Kier molecular flexibility index (Phi) is 5.59. The zero-order chi connectivity index (χ0) is 14.4. The van der Waals surface area contributed by atoms with Crippen LogP contribution in [0.2, 0.25) is 0 Å². The molecule has 2 rings (SSSR count). The van der Waals surface area contributed by atoms with Crippen molar-refractivity contribution < 1.29 is 9.59 Å². The summed E-state index contributed by atoms with van der Waals surface area (Å²) in [4.78, 5) is 28.9. The second-order valence-corrected chi connectivity index (χ2v) is 6.06. The van der Waals surface area contributed by atoms with Crippen molar-refractivity contribution in [1.29, 1.82) is 0 Å². The standard InChI is InChI=1S/C15H22N2O2S/c1-2-3-7-14(18)16-8-5-9-17(11-10-16)15(19)13-6-4-12-20-13/h4,6,12H,2-3,5,7-11H2,1H3. The second kappa shape index (κ2) is 7.43. The molecule has 2 heterocycles. The van der Waals surface area contributed by atoms with Crippen LogP contribution < -0.4 is 0 Å². The topological polar surface area (TPSA) is 40.6 Å². The Morgan fingerprint density at radius 3 is 2.65 bits per heavy atom. The maximum atomic E-state index is 12.3. The smallest absolute Gasteiger partial charge is 0.263 e. The predicted molar refractivity (Wildman–Crippen MR) is 80.9 cm³/mol. The number of hydrogen-bond donors (Lipinski definition) is 0. The van der Waals surface area contributed by atoms with Gasteiger partial charge in [0.2, 0.25) is 5.91 Å². The Balaban J connectivity index is 1.89. The van der Waals surface area contributed by atoms with E-state index in [0.717, 1.165) is 37.2 Å². The first-order valence-corrected chi connectivity index (χ1v) is 8.21. The summed E-state index contributed by atoms with van der Waals surface area (Å²) < 4.78 is 0. The van der Waals surface area contributed by atoms with E-state index in [1.807, 2.05) is 27.3 Å². The molecule has 0 bridgehead atoms. The monoisotopic (exact) mass is 294 g/mol. The zero-order valence-electron chi connectivity index (χ0n) is 12.0. The molecule has 0 aromatic carbocycles. The molecule has 1 aromatic heterocycles. The summed E-state index contributed by atoms with van der Waals surface area (Å²) in [6.07, 6.45) is 3.50. The minimum absolute atomic E-state index is 0.0999. The highest BCUT2D eigenvalue weighted by Crippen LogP contribution is 2.14. The maximum absolute atomic E-state index is 12.3. The lowest BCUT2D eigenvalue weighted by Crippen LogP contribution is -2.37. The fourth-order valence-corrected chi connectivity index (χ4v) is 3.10. The van der Waals surface area contributed by atoms with Crippen LogP contribution in [-0.4, -0.2) is 47.8 Å². The van der Waals surface area contributed by atoms with Crippen LogP contribution >= 0.6 is 11.3 Å². The summed E-state index contributed by atoms with van der Waals surface area (Å²) in [5.74, 6) is 0.333. The van der Waals surface area contributed by atoms with Gasteiger partial charge in [-0.25, -0.2) is 0 Å². The third kappa shape index (κ3) is 3.82. The summed E-state index contributed by atoms with van der Waals surface area (Å²) >= 11 is 1.48. The van der Waals surface area contributed by atoms with Gasteiger partial charge in [-0.3, -0.25) is 9.59 Å². The van der Waals surface area contributed by atoms with E-state index in [9.17, 15) is 9.59 Å². The Hall–Kier alpha value is -1.36. The van der Waals surface area contributed by atoms with Gasteiger partial charge in [0.05, 0.1) is 4.88 Å². The van der Waals surface area contributed by atoms with Gasteiger partial charge in [-0.05, 0) is 24.3 Å². The number of carbonyl (C=O) groups is 2. The van der Waals surface area contributed by atoms with Gasteiger partial charge in [0.25, 0.3) is 5.91 Å². The van der Waals surface area contributed by atoms with Gasteiger partial charge in [0.1, 0.15) is 0 Å². The first kappa shape index (κ1) is 15.0. The quantitative estimate of drug-likeness (QED) is 0.856. The molecule has 0 N–H and O–H groups in total. The largest absolute Gasteiger partial charge is 0.341 e. The Labute approximate surface area is 124 Å². The summed E-state index contributed by atoms with van der Waals surface area (Å²) in [7, 11) is 0. The molecule has 0 radical (unpaired) electrons. The molecule has 1 fully saturated rings. The van der Waals surface area contributed by atoms with E-state index < -0.39 is 0 Å². The summed E-state index contributed by atoms with van der Waals surface area (Å²) in [5.41, 5.74) is 0. The molecule has 0 atom stereocenters. The summed E-state index contributed by atoms with van der Waals surface area (Å²) in [5, 5.41) is 1.92. The van der Waals surface area contributed by atoms with Gasteiger partial charge in [0.15, 0.2) is 0 Å². The van der Waals surface area contributed by atoms with Crippen molar-refractivity contribution >= 4 is 23.2 Å². The first-order valence-electron chi connectivity index (χ1n) is 7.33. The number of rotatable bonds is 4. The van der Waals surface area contributed by atoms with Gasteiger partial charge in [-0.15, -0.1) is 11.3 Å². The molecule has 1 aliphatic heterocycles. The van der Waals surface area contributed by atoms with Crippen molar-refractivity contribution in [2.75, 3.05) is 26.2 Å². The van der Waals surface area contributed by atoms with Crippen LogP contribution in [0.3, 0.4) is 0 Å². The molecular weight excluding hydrogens is 272 g/mol. The Bertz CT molecular complexity index is 445. The van der Waals surface area contributed by atoms with Crippen molar-refractivity contribution in [1.82, 2.24) is 9.80 Å². The minimum atomic E-state index is 0.0999. The molecule has 1 saturated heterocycles. The average molecular weight is 294 g/mol. The maximum Gasteiger partial charge on any atom is 0.263 e. The van der Waals surface area contributed by atoms with E-state index in [2.05, 4.69) is 6.92 Å². The SMILES string of the molecule is CCCCC(=O)N1CCCN(C(=O)c2cccs2)CC1. The molecule has 0 saturated carbocycles. The molecule has 20 heavy (non-hydrogen) atoms. The van der Waals surface area contributed by atoms with Crippen LogP contribution in [0.1, 0.15) is 42.3 Å². The van der Waals surface area contributed by atoms with Crippen molar-refractivity contribution in [2.45, 2.75) is 32.6 Å². The Morgan fingerprint density at radius 1 is 1.20 bits per heavy atom. The van der Waals surface area contributed by atoms with Gasteiger partial charge in [0, 0.05) is 32.6 Å². The summed E-state index contributed by atoms with van der Waals surface area (Å²) in [6, 6.07) is 3.76. The normalized spacial score (nSPS) is 16.1. The number of unbranched alkanes of at least 4 members (excludes halogenated alkanes) is 1. The van der Waals surface area contributed by atoms with Crippen LogP contribution in [0.25, 0.3) is 0 Å². The van der Waals surface area contributed by atoms with Crippen molar-refractivity contribution in [2.24, 2.45) is 0 Å². The molecule has 5 heteroatoms. The van der Waals surface area contributed by atoms with E-state index in [1.165, 1.54) is 11.3 Å². The van der Waals surface area contributed by atoms with Gasteiger partial charge in [-0.1, -0.05) is 19.4 Å². The number of amides is 2. The number of hydrogen-bond acceptors (Lipinski definition) is 3. The van der Waals surface area contributed by atoms with Gasteiger partial charge >= 0.3 is 0 Å². The highest BCUT2D eigenvalue weighted by molar-refractivity contribution is 7.12. The molecule has 0 spiro atoms. The van der Waals surface area contributed by atoms with Crippen LogP contribution in [0.5, 0.6) is 0 Å².